The minimum atomic E-state index is -0.791. The van der Waals surface area contributed by atoms with Gasteiger partial charge in [0.05, 0.1) is 10.7 Å². The average molecular weight is 382 g/mol. The molecule has 0 aromatic heterocycles. The molecular weight excluding hydrogens is 365 g/mol. The lowest BCUT2D eigenvalue weighted by Crippen LogP contribution is -2.24. The Labute approximate surface area is 156 Å². The Morgan fingerprint density at radius 3 is 2.28 bits per heavy atom. The minimum Gasteiger partial charge on any atom is -0.479 e. The molecule has 2 aromatic rings. The van der Waals surface area contributed by atoms with Crippen molar-refractivity contribution in [3.63, 3.8) is 0 Å². The first-order valence-corrected chi connectivity index (χ1v) is 8.22. The third-order valence-electron chi connectivity index (χ3n) is 2.91. The predicted octanol–water partition coefficient (Wildman–Crippen LogP) is 5.49. The number of hydrogen-bond acceptors (Lipinski definition) is 5. The van der Waals surface area contributed by atoms with Gasteiger partial charge in [-0.1, -0.05) is 28.4 Å². The Kier molecular flexibility index (Phi) is 6.67. The van der Waals surface area contributed by atoms with Crippen LogP contribution < -0.4 is 9.47 Å². The van der Waals surface area contributed by atoms with Gasteiger partial charge in [0.15, 0.2) is 6.10 Å². The highest BCUT2D eigenvalue weighted by molar-refractivity contribution is 6.35. The summed E-state index contributed by atoms with van der Waals surface area (Å²) in [5.74, 6) is 0.980. The summed E-state index contributed by atoms with van der Waals surface area (Å²) in [5.41, 5.74) is 0.642. The first-order valence-electron chi connectivity index (χ1n) is 7.47. The normalized spacial score (nSPS) is 11.4. The zero-order valence-corrected chi connectivity index (χ0v) is 15.5. The molecule has 1 unspecified atom stereocenters. The molecule has 5 nitrogen and oxygen atoms in total. The second kappa shape index (κ2) is 8.74. The third-order valence-corrected chi connectivity index (χ3v) is 3.44. The van der Waals surface area contributed by atoms with Crippen molar-refractivity contribution in [1.82, 2.24) is 0 Å². The van der Waals surface area contributed by atoms with Crippen LogP contribution in [-0.2, 0) is 9.63 Å². The van der Waals surface area contributed by atoms with Gasteiger partial charge >= 0.3 is 5.97 Å². The van der Waals surface area contributed by atoms with Crippen LogP contribution in [0.25, 0.3) is 0 Å². The molecule has 0 amide bonds. The summed E-state index contributed by atoms with van der Waals surface area (Å²) >= 11 is 11.9. The molecule has 0 heterocycles. The summed E-state index contributed by atoms with van der Waals surface area (Å²) < 4.78 is 11.2. The fraction of sp³-hybridized carbons (Fsp3) is 0.222. The number of nitrogens with zero attached hydrogens (tertiary/aromatic N) is 1. The number of rotatable bonds is 6. The fourth-order valence-corrected chi connectivity index (χ4v) is 2.18. The molecular formula is C18H17Cl2NO4. The standard InChI is InChI=1S/C18H17Cl2NO4/c1-11(2)21-25-18(22)12(3)23-14-5-7-15(8-6-14)24-17-9-4-13(19)10-16(17)20/h4-10,12H,1-3H3. The second-order valence-corrected chi connectivity index (χ2v) is 6.20. The van der Waals surface area contributed by atoms with Crippen LogP contribution in [0.2, 0.25) is 10.0 Å². The molecule has 132 valence electrons. The van der Waals surface area contributed by atoms with Gasteiger partial charge in [-0.3, -0.25) is 0 Å². The Morgan fingerprint density at radius 2 is 1.68 bits per heavy atom. The summed E-state index contributed by atoms with van der Waals surface area (Å²) in [5, 5.41) is 4.55. The fourth-order valence-electron chi connectivity index (χ4n) is 1.73. The van der Waals surface area contributed by atoms with Gasteiger partial charge in [-0.25, -0.2) is 4.79 Å². The molecule has 0 fully saturated rings. The van der Waals surface area contributed by atoms with E-state index in [0.717, 1.165) is 0 Å². The second-order valence-electron chi connectivity index (χ2n) is 5.36. The van der Waals surface area contributed by atoms with E-state index in [2.05, 4.69) is 5.16 Å². The van der Waals surface area contributed by atoms with Crippen LogP contribution >= 0.6 is 23.2 Å². The Bertz CT molecular complexity index is 771. The zero-order valence-electron chi connectivity index (χ0n) is 14.0. The van der Waals surface area contributed by atoms with Crippen LogP contribution in [0.4, 0.5) is 0 Å². The van der Waals surface area contributed by atoms with Crippen molar-refractivity contribution in [2.24, 2.45) is 5.16 Å². The lowest BCUT2D eigenvalue weighted by Gasteiger charge is -2.13. The van der Waals surface area contributed by atoms with Crippen molar-refractivity contribution in [3.8, 4) is 17.2 Å². The molecule has 1 atom stereocenters. The first-order chi connectivity index (χ1) is 11.8. The van der Waals surface area contributed by atoms with Gasteiger partial charge in [0, 0.05) is 5.02 Å². The van der Waals surface area contributed by atoms with Crippen LogP contribution in [0.5, 0.6) is 17.2 Å². The van der Waals surface area contributed by atoms with Gasteiger partial charge in [-0.2, -0.15) is 0 Å². The molecule has 0 aliphatic rings. The maximum Gasteiger partial charge on any atom is 0.374 e. The maximum absolute atomic E-state index is 11.7. The lowest BCUT2D eigenvalue weighted by molar-refractivity contribution is -0.151. The van der Waals surface area contributed by atoms with Gasteiger partial charge in [0.1, 0.15) is 17.2 Å². The number of ether oxygens (including phenoxy) is 2. The zero-order chi connectivity index (χ0) is 18.4. The number of halogens is 2. The molecule has 0 saturated carbocycles. The quantitative estimate of drug-likeness (QED) is 0.377. The van der Waals surface area contributed by atoms with Crippen LogP contribution in [0.15, 0.2) is 47.6 Å². The molecule has 0 radical (unpaired) electrons. The highest BCUT2D eigenvalue weighted by Crippen LogP contribution is 2.32. The van der Waals surface area contributed by atoms with Crippen molar-refractivity contribution < 1.29 is 19.1 Å². The van der Waals surface area contributed by atoms with Crippen molar-refractivity contribution in [1.29, 1.82) is 0 Å². The lowest BCUT2D eigenvalue weighted by atomic mass is 10.3. The monoisotopic (exact) mass is 381 g/mol. The molecule has 0 aliphatic heterocycles. The predicted molar refractivity (Wildman–Crippen MR) is 97.9 cm³/mol. The van der Waals surface area contributed by atoms with E-state index in [1.165, 1.54) is 0 Å². The average Bonchev–Trinajstić information content (AvgIpc) is 2.56. The van der Waals surface area contributed by atoms with Crippen LogP contribution in [0.3, 0.4) is 0 Å². The van der Waals surface area contributed by atoms with E-state index in [4.69, 9.17) is 37.5 Å². The number of oxime groups is 1. The molecule has 7 heteroatoms. The maximum atomic E-state index is 11.7. The van der Waals surface area contributed by atoms with E-state index in [1.807, 2.05) is 0 Å². The van der Waals surface area contributed by atoms with E-state index in [9.17, 15) is 4.79 Å². The SMILES string of the molecule is CC(C)=NOC(=O)C(C)Oc1ccc(Oc2ccc(Cl)cc2Cl)cc1. The van der Waals surface area contributed by atoms with Gasteiger partial charge in [-0.15, -0.1) is 0 Å². The highest BCUT2D eigenvalue weighted by Gasteiger charge is 2.17. The number of carbonyl (C=O) groups excluding carboxylic acids is 1. The Hall–Kier alpha value is -2.24. The summed E-state index contributed by atoms with van der Waals surface area (Å²) in [7, 11) is 0. The number of hydrogen-bond donors (Lipinski definition) is 0. The van der Waals surface area contributed by atoms with E-state index >= 15 is 0 Å². The minimum absolute atomic E-state index is 0.413. The van der Waals surface area contributed by atoms with E-state index in [-0.39, 0.29) is 0 Å². The molecule has 0 bridgehead atoms. The smallest absolute Gasteiger partial charge is 0.374 e. The molecule has 0 aliphatic carbocycles. The van der Waals surface area contributed by atoms with Crippen LogP contribution in [-0.4, -0.2) is 17.8 Å². The molecule has 25 heavy (non-hydrogen) atoms. The van der Waals surface area contributed by atoms with Gasteiger partial charge in [-0.05, 0) is 63.2 Å². The third kappa shape index (κ3) is 5.96. The molecule has 0 spiro atoms. The topological polar surface area (TPSA) is 57.1 Å². The first kappa shape index (κ1) is 19.1. The summed E-state index contributed by atoms with van der Waals surface area (Å²) in [6.07, 6.45) is -0.791. The highest BCUT2D eigenvalue weighted by atomic mass is 35.5. The molecule has 0 saturated heterocycles. The molecule has 2 rings (SSSR count). The molecule has 2 aromatic carbocycles. The van der Waals surface area contributed by atoms with Gasteiger partial charge in [0.25, 0.3) is 0 Å². The van der Waals surface area contributed by atoms with Gasteiger partial charge in [0.2, 0.25) is 0 Å². The van der Waals surface area contributed by atoms with E-state index < -0.39 is 12.1 Å². The number of carbonyl (C=O) groups is 1. The van der Waals surface area contributed by atoms with Crippen molar-refractivity contribution in [2.45, 2.75) is 26.9 Å². The molecule has 0 N–H and O–H groups in total. The Balaban J connectivity index is 1.97. The van der Waals surface area contributed by atoms with Crippen molar-refractivity contribution in [2.75, 3.05) is 0 Å². The van der Waals surface area contributed by atoms with Crippen LogP contribution in [0.1, 0.15) is 20.8 Å². The van der Waals surface area contributed by atoms with Gasteiger partial charge < -0.3 is 14.3 Å². The number of benzene rings is 2. The largest absolute Gasteiger partial charge is 0.479 e. The van der Waals surface area contributed by atoms with Crippen molar-refractivity contribution in [3.05, 3.63) is 52.5 Å². The van der Waals surface area contributed by atoms with E-state index in [0.29, 0.717) is 33.0 Å². The summed E-state index contributed by atoms with van der Waals surface area (Å²) in [6, 6.07) is 11.7. The van der Waals surface area contributed by atoms with Crippen LogP contribution in [0, 0.1) is 0 Å². The summed E-state index contributed by atoms with van der Waals surface area (Å²) in [4.78, 5) is 16.5. The van der Waals surface area contributed by atoms with Crippen molar-refractivity contribution >= 4 is 34.9 Å². The van der Waals surface area contributed by atoms with E-state index in [1.54, 1.807) is 63.2 Å². The Morgan fingerprint density at radius 1 is 1.04 bits per heavy atom. The summed E-state index contributed by atoms with van der Waals surface area (Å²) in [6.45, 7) is 5.04.